The van der Waals surface area contributed by atoms with Crippen LogP contribution in [-0.4, -0.2) is 40.5 Å². The van der Waals surface area contributed by atoms with E-state index in [2.05, 4.69) is 12.2 Å². The second-order valence-corrected chi connectivity index (χ2v) is 6.15. The number of likely N-dealkylation sites (tertiary alicyclic amines) is 1. The van der Waals surface area contributed by atoms with E-state index >= 15 is 0 Å². The Hall–Kier alpha value is -1.88. The fourth-order valence-electron chi connectivity index (χ4n) is 3.10. The lowest BCUT2D eigenvalue weighted by atomic mass is 9.93. The smallest absolute Gasteiger partial charge is 0.322 e. The summed E-state index contributed by atoms with van der Waals surface area (Å²) in [5.74, 6) is -0.0231. The van der Waals surface area contributed by atoms with Crippen molar-refractivity contribution in [3.05, 3.63) is 29.8 Å². The molecule has 120 valence electrons. The van der Waals surface area contributed by atoms with Gasteiger partial charge in [-0.15, -0.1) is 0 Å². The Morgan fingerprint density at radius 1 is 1.41 bits per heavy atom. The Morgan fingerprint density at radius 3 is 2.86 bits per heavy atom. The predicted molar refractivity (Wildman–Crippen MR) is 86.1 cm³/mol. The van der Waals surface area contributed by atoms with Crippen LogP contribution in [0.2, 0.25) is 0 Å². The Bertz CT molecular complexity index is 559. The first-order chi connectivity index (χ1) is 10.5. The van der Waals surface area contributed by atoms with Crippen LogP contribution >= 0.6 is 0 Å². The lowest BCUT2D eigenvalue weighted by Gasteiger charge is -2.35. The molecule has 2 amide bonds. The van der Waals surface area contributed by atoms with Crippen molar-refractivity contribution >= 4 is 17.5 Å². The molecule has 22 heavy (non-hydrogen) atoms. The van der Waals surface area contributed by atoms with E-state index in [0.717, 1.165) is 25.8 Å². The number of carbonyl (C=O) groups excluding carboxylic acids is 2. The summed E-state index contributed by atoms with van der Waals surface area (Å²) < 4.78 is 0. The van der Waals surface area contributed by atoms with Gasteiger partial charge in [0.25, 0.3) is 0 Å². The molecule has 0 aromatic heterocycles. The molecule has 1 atom stereocenters. The average Bonchev–Trinajstić information content (AvgIpc) is 2.87. The van der Waals surface area contributed by atoms with Crippen LogP contribution in [0.3, 0.4) is 0 Å². The second-order valence-electron chi connectivity index (χ2n) is 6.15. The van der Waals surface area contributed by atoms with E-state index in [-0.39, 0.29) is 24.0 Å². The normalized spacial score (nSPS) is 21.0. The standard InChI is InChI=1S/C17H24N2O3/c1-13(21)14-6-3-7-15(12-14)18-16(22)19-10-4-8-17(19,2)9-5-11-20/h3,6-7,12,20H,4-5,8-11H2,1-2H3,(H,18,22). The number of Topliss-reactive ketones (excluding diaryl/α,β-unsaturated/α-hetero) is 1. The SMILES string of the molecule is CC(=O)c1cccc(NC(=O)N2CCCC2(C)CCCO)c1. The molecule has 0 aliphatic carbocycles. The molecule has 1 heterocycles. The van der Waals surface area contributed by atoms with Crippen molar-refractivity contribution in [2.24, 2.45) is 0 Å². The van der Waals surface area contributed by atoms with Crippen LogP contribution in [0.15, 0.2) is 24.3 Å². The number of rotatable bonds is 5. The van der Waals surface area contributed by atoms with E-state index in [0.29, 0.717) is 17.7 Å². The summed E-state index contributed by atoms with van der Waals surface area (Å²) in [4.78, 5) is 25.8. The minimum atomic E-state index is -0.203. The highest BCUT2D eigenvalue weighted by atomic mass is 16.3. The molecule has 1 aromatic rings. The number of amides is 2. The summed E-state index contributed by atoms with van der Waals surface area (Å²) in [5, 5.41) is 11.9. The highest BCUT2D eigenvalue weighted by Crippen LogP contribution is 2.33. The fraction of sp³-hybridized carbons (Fsp3) is 0.529. The maximum atomic E-state index is 12.5. The van der Waals surface area contributed by atoms with Gasteiger partial charge in [-0.2, -0.15) is 0 Å². The van der Waals surface area contributed by atoms with Crippen LogP contribution in [0.1, 0.15) is 49.9 Å². The van der Waals surface area contributed by atoms with Crippen molar-refractivity contribution in [1.82, 2.24) is 4.90 Å². The summed E-state index contributed by atoms with van der Waals surface area (Å²) in [6.07, 6.45) is 3.42. The van der Waals surface area contributed by atoms with Gasteiger partial charge in [0.2, 0.25) is 0 Å². The molecule has 0 saturated carbocycles. The molecule has 1 unspecified atom stereocenters. The van der Waals surface area contributed by atoms with Crippen LogP contribution in [0, 0.1) is 0 Å². The van der Waals surface area contributed by atoms with Crippen LogP contribution in [0.25, 0.3) is 0 Å². The number of urea groups is 1. The van der Waals surface area contributed by atoms with Crippen molar-refractivity contribution in [2.45, 2.75) is 45.1 Å². The molecular formula is C17H24N2O3. The summed E-state index contributed by atoms with van der Waals surface area (Å²) in [7, 11) is 0. The number of carbonyl (C=O) groups is 2. The molecule has 5 nitrogen and oxygen atoms in total. The highest BCUT2D eigenvalue weighted by molar-refractivity contribution is 5.96. The van der Waals surface area contributed by atoms with Crippen molar-refractivity contribution in [1.29, 1.82) is 0 Å². The average molecular weight is 304 g/mol. The van der Waals surface area contributed by atoms with Gasteiger partial charge in [0.1, 0.15) is 0 Å². The van der Waals surface area contributed by atoms with Crippen LogP contribution < -0.4 is 5.32 Å². The number of aliphatic hydroxyl groups is 1. The van der Waals surface area contributed by atoms with E-state index in [4.69, 9.17) is 5.11 Å². The molecule has 1 aromatic carbocycles. The molecule has 1 saturated heterocycles. The topological polar surface area (TPSA) is 69.6 Å². The zero-order valence-electron chi connectivity index (χ0n) is 13.3. The van der Waals surface area contributed by atoms with Crippen molar-refractivity contribution in [3.63, 3.8) is 0 Å². The van der Waals surface area contributed by atoms with Crippen LogP contribution in [-0.2, 0) is 0 Å². The summed E-state index contributed by atoms with van der Waals surface area (Å²) >= 11 is 0. The molecule has 0 spiro atoms. The van der Waals surface area contributed by atoms with Gasteiger partial charge >= 0.3 is 6.03 Å². The van der Waals surface area contributed by atoms with Gasteiger partial charge in [-0.05, 0) is 51.7 Å². The van der Waals surface area contributed by atoms with Gasteiger partial charge in [-0.1, -0.05) is 12.1 Å². The number of anilines is 1. The van der Waals surface area contributed by atoms with Gasteiger partial charge in [-0.25, -0.2) is 4.79 Å². The number of nitrogens with one attached hydrogen (secondary N) is 1. The third-order valence-electron chi connectivity index (χ3n) is 4.39. The highest BCUT2D eigenvalue weighted by Gasteiger charge is 2.39. The van der Waals surface area contributed by atoms with Crippen LogP contribution in [0.5, 0.6) is 0 Å². The van der Waals surface area contributed by atoms with Gasteiger partial charge in [0.15, 0.2) is 5.78 Å². The van der Waals surface area contributed by atoms with E-state index in [9.17, 15) is 9.59 Å². The maximum absolute atomic E-state index is 12.5. The van der Waals surface area contributed by atoms with Crippen molar-refractivity contribution in [3.8, 4) is 0 Å². The summed E-state index contributed by atoms with van der Waals surface area (Å²) in [6, 6.07) is 6.84. The first-order valence-corrected chi connectivity index (χ1v) is 7.77. The summed E-state index contributed by atoms with van der Waals surface area (Å²) in [5.41, 5.74) is 1.02. The molecule has 0 radical (unpaired) electrons. The lowest BCUT2D eigenvalue weighted by Crippen LogP contribution is -2.47. The molecule has 1 aliphatic rings. The monoisotopic (exact) mass is 304 g/mol. The van der Waals surface area contributed by atoms with Gasteiger partial charge < -0.3 is 15.3 Å². The minimum Gasteiger partial charge on any atom is -0.396 e. The Kier molecular flexibility index (Phi) is 5.19. The molecular weight excluding hydrogens is 280 g/mol. The number of hydrogen-bond acceptors (Lipinski definition) is 3. The number of nitrogens with zero attached hydrogens (tertiary/aromatic N) is 1. The second kappa shape index (κ2) is 6.92. The zero-order valence-corrected chi connectivity index (χ0v) is 13.3. The Morgan fingerprint density at radius 2 is 2.18 bits per heavy atom. The summed E-state index contributed by atoms with van der Waals surface area (Å²) in [6.45, 7) is 4.44. The first kappa shape index (κ1) is 16.5. The maximum Gasteiger partial charge on any atom is 0.322 e. The van der Waals surface area contributed by atoms with Gasteiger partial charge in [0.05, 0.1) is 0 Å². The van der Waals surface area contributed by atoms with E-state index in [1.807, 2.05) is 4.90 Å². The minimum absolute atomic E-state index is 0.0231. The predicted octanol–water partition coefficient (Wildman–Crippen LogP) is 3.05. The zero-order chi connectivity index (χ0) is 16.2. The number of hydrogen-bond donors (Lipinski definition) is 2. The van der Waals surface area contributed by atoms with Gasteiger partial charge in [-0.3, -0.25) is 4.79 Å². The Labute approximate surface area is 131 Å². The fourth-order valence-corrected chi connectivity index (χ4v) is 3.10. The third-order valence-corrected chi connectivity index (χ3v) is 4.39. The lowest BCUT2D eigenvalue weighted by molar-refractivity contribution is 0.101. The quantitative estimate of drug-likeness (QED) is 0.821. The molecule has 1 aliphatic heterocycles. The van der Waals surface area contributed by atoms with E-state index < -0.39 is 0 Å². The molecule has 2 N–H and O–H groups in total. The first-order valence-electron chi connectivity index (χ1n) is 7.77. The molecule has 0 bridgehead atoms. The van der Waals surface area contributed by atoms with Crippen molar-refractivity contribution < 1.29 is 14.7 Å². The number of ketones is 1. The molecule has 2 rings (SSSR count). The van der Waals surface area contributed by atoms with Gasteiger partial charge in [0, 0.05) is 29.9 Å². The van der Waals surface area contributed by atoms with E-state index in [1.165, 1.54) is 6.92 Å². The number of benzene rings is 1. The Balaban J connectivity index is 2.08. The largest absolute Gasteiger partial charge is 0.396 e. The third kappa shape index (κ3) is 3.65. The van der Waals surface area contributed by atoms with Crippen molar-refractivity contribution in [2.75, 3.05) is 18.5 Å². The molecule has 1 fully saturated rings. The molecule has 5 heteroatoms. The van der Waals surface area contributed by atoms with Crippen LogP contribution in [0.4, 0.5) is 10.5 Å². The van der Waals surface area contributed by atoms with E-state index in [1.54, 1.807) is 24.3 Å². The number of aliphatic hydroxyl groups excluding tert-OH is 1.